The normalized spacial score (nSPS) is 11.7. The smallest absolute Gasteiger partial charge is 0.417 e. The monoisotopic (exact) mass is 629 g/mol. The lowest BCUT2D eigenvalue weighted by Crippen LogP contribution is -2.44. The third-order valence-electron chi connectivity index (χ3n) is 6.56. The molecule has 2 aromatic carbocycles. The number of imide groups is 1. The van der Waals surface area contributed by atoms with Gasteiger partial charge in [0.05, 0.1) is 17.6 Å². The molecule has 0 aliphatic carbocycles. The van der Waals surface area contributed by atoms with E-state index in [-0.39, 0.29) is 36.8 Å². The van der Waals surface area contributed by atoms with Gasteiger partial charge in [-0.2, -0.15) is 0 Å². The third kappa shape index (κ3) is 9.76. The highest BCUT2D eigenvalue weighted by Gasteiger charge is 2.30. The van der Waals surface area contributed by atoms with Crippen LogP contribution in [0.3, 0.4) is 0 Å². The topological polar surface area (TPSA) is 167 Å². The lowest BCUT2D eigenvalue weighted by molar-refractivity contribution is -0.701. The van der Waals surface area contributed by atoms with Crippen molar-refractivity contribution in [1.29, 1.82) is 0 Å². The maximum absolute atomic E-state index is 13.6. The summed E-state index contributed by atoms with van der Waals surface area (Å²) < 4.78 is 45.9. The standard InChI is InChI=1S/C30H36N4O9S/c1-4-33-18-8-7-9-23(33)19-34(28(35)26-10-5-6-11-27(26)41-3)30(37)43-21-24(40-2)20-42-29(36)32-17-16-22-12-14-25(15-13-22)44(31,38)39/h5-15,18,24H,4,16-17,19-21H2,1-3H3,(H2-,31,32,36,38,39)/p+1. The largest absolute Gasteiger partial charge is 0.496 e. The zero-order valence-electron chi connectivity index (χ0n) is 24.8. The molecule has 0 aliphatic heterocycles. The summed E-state index contributed by atoms with van der Waals surface area (Å²) in [6.07, 6.45) is -0.176. The van der Waals surface area contributed by atoms with Gasteiger partial charge in [0, 0.05) is 25.8 Å². The number of primary sulfonamides is 1. The number of benzene rings is 2. The third-order valence-corrected chi connectivity index (χ3v) is 7.49. The molecular formula is C30H37N4O9S+. The average molecular weight is 630 g/mol. The predicted octanol–water partition coefficient (Wildman–Crippen LogP) is 2.41. The summed E-state index contributed by atoms with van der Waals surface area (Å²) in [4.78, 5) is 40.0. The van der Waals surface area contributed by atoms with E-state index in [0.29, 0.717) is 24.4 Å². The molecule has 0 aliphatic rings. The highest BCUT2D eigenvalue weighted by Crippen LogP contribution is 2.21. The second-order valence-electron chi connectivity index (χ2n) is 9.47. The van der Waals surface area contributed by atoms with E-state index in [1.807, 2.05) is 35.9 Å². The predicted molar refractivity (Wildman–Crippen MR) is 158 cm³/mol. The van der Waals surface area contributed by atoms with Crippen molar-refractivity contribution in [3.63, 3.8) is 0 Å². The second kappa shape index (κ2) is 16.4. The van der Waals surface area contributed by atoms with Gasteiger partial charge in [0.2, 0.25) is 15.7 Å². The molecule has 13 nitrogen and oxygen atoms in total. The molecule has 0 saturated carbocycles. The number of alkyl carbamates (subject to hydrolysis) is 1. The Bertz CT molecular complexity index is 1530. The number of pyridine rings is 1. The van der Waals surface area contributed by atoms with Gasteiger partial charge >= 0.3 is 12.2 Å². The SMILES string of the molecule is CC[n+]1ccccc1CN(C(=O)OCC(COC(=O)NCCc1ccc(S(N)(=O)=O)cc1)OC)C(=O)c1ccccc1OC. The van der Waals surface area contributed by atoms with E-state index in [2.05, 4.69) is 5.32 Å². The molecule has 1 aromatic heterocycles. The van der Waals surface area contributed by atoms with Crippen LogP contribution in [0, 0.1) is 0 Å². The number of nitrogens with one attached hydrogen (secondary N) is 1. The van der Waals surface area contributed by atoms with Crippen LogP contribution in [0.4, 0.5) is 9.59 Å². The Morgan fingerprint density at radius 1 is 0.955 bits per heavy atom. The summed E-state index contributed by atoms with van der Waals surface area (Å²) in [5.41, 5.74) is 1.68. The van der Waals surface area contributed by atoms with Crippen LogP contribution in [-0.2, 0) is 43.7 Å². The average Bonchev–Trinajstić information content (AvgIpc) is 3.03. The fourth-order valence-corrected chi connectivity index (χ4v) is 4.63. The Kier molecular flexibility index (Phi) is 12.6. The summed E-state index contributed by atoms with van der Waals surface area (Å²) in [7, 11) is -0.976. The molecule has 3 aromatic rings. The van der Waals surface area contributed by atoms with Gasteiger partial charge in [0.25, 0.3) is 5.91 Å². The molecular weight excluding hydrogens is 592 g/mol. The molecule has 236 valence electrons. The van der Waals surface area contributed by atoms with Crippen LogP contribution in [-0.4, -0.2) is 71.5 Å². The molecule has 3 amide bonds. The first-order valence-corrected chi connectivity index (χ1v) is 15.3. The fraction of sp³-hybridized carbons (Fsp3) is 0.333. The van der Waals surface area contributed by atoms with Gasteiger partial charge in [-0.1, -0.05) is 30.3 Å². The van der Waals surface area contributed by atoms with Crippen molar-refractivity contribution in [2.45, 2.75) is 37.4 Å². The van der Waals surface area contributed by atoms with Gasteiger partial charge in [-0.25, -0.2) is 32.6 Å². The number of hydrogen-bond donors (Lipinski definition) is 2. The summed E-state index contributed by atoms with van der Waals surface area (Å²) >= 11 is 0. The number of nitrogens with zero attached hydrogens (tertiary/aromatic N) is 2. The molecule has 1 atom stereocenters. The quantitative estimate of drug-likeness (QED) is 0.255. The number of sulfonamides is 1. The van der Waals surface area contributed by atoms with Crippen molar-refractivity contribution in [3.8, 4) is 5.75 Å². The first-order chi connectivity index (χ1) is 21.1. The number of aromatic nitrogens is 1. The molecule has 1 unspecified atom stereocenters. The van der Waals surface area contributed by atoms with Crippen LogP contribution in [0.1, 0.15) is 28.5 Å². The number of aryl methyl sites for hydroxylation is 1. The second-order valence-corrected chi connectivity index (χ2v) is 11.0. The molecule has 1 heterocycles. The summed E-state index contributed by atoms with van der Waals surface area (Å²) in [5.74, 6) is -0.302. The summed E-state index contributed by atoms with van der Waals surface area (Å²) in [6.45, 7) is 2.20. The Balaban J connectivity index is 1.57. The van der Waals surface area contributed by atoms with Crippen LogP contribution in [0.2, 0.25) is 0 Å². The lowest BCUT2D eigenvalue weighted by Gasteiger charge is -2.22. The molecule has 0 radical (unpaired) electrons. The fourth-order valence-electron chi connectivity index (χ4n) is 4.11. The van der Waals surface area contributed by atoms with E-state index >= 15 is 0 Å². The van der Waals surface area contributed by atoms with Crippen molar-refractivity contribution >= 4 is 28.1 Å². The van der Waals surface area contributed by atoms with Gasteiger partial charge in [-0.15, -0.1) is 0 Å². The number of carbonyl (C=O) groups is 3. The molecule has 14 heteroatoms. The Labute approximate surface area is 256 Å². The van der Waals surface area contributed by atoms with Crippen LogP contribution < -0.4 is 19.8 Å². The number of amides is 3. The van der Waals surface area contributed by atoms with Gasteiger partial charge in [-0.05, 0) is 43.2 Å². The number of methoxy groups -OCH3 is 2. The summed E-state index contributed by atoms with van der Waals surface area (Å²) in [5, 5.41) is 7.68. The van der Waals surface area contributed by atoms with E-state index in [1.165, 1.54) is 26.4 Å². The van der Waals surface area contributed by atoms with E-state index in [9.17, 15) is 22.8 Å². The molecule has 3 rings (SSSR count). The Hall–Kier alpha value is -4.53. The van der Waals surface area contributed by atoms with Gasteiger partial charge in [-0.3, -0.25) is 4.79 Å². The first kappa shape index (κ1) is 34.0. The Morgan fingerprint density at radius 3 is 2.30 bits per heavy atom. The zero-order valence-corrected chi connectivity index (χ0v) is 25.6. The van der Waals surface area contributed by atoms with E-state index in [1.54, 1.807) is 36.4 Å². The van der Waals surface area contributed by atoms with Gasteiger partial charge in [0.15, 0.2) is 6.20 Å². The molecule has 3 N–H and O–H groups in total. The van der Waals surface area contributed by atoms with Crippen molar-refractivity contribution in [2.75, 3.05) is 34.0 Å². The van der Waals surface area contributed by atoms with Crippen LogP contribution in [0.25, 0.3) is 0 Å². The first-order valence-electron chi connectivity index (χ1n) is 13.7. The Morgan fingerprint density at radius 2 is 1.64 bits per heavy atom. The van der Waals surface area contributed by atoms with E-state index in [4.69, 9.17) is 24.1 Å². The van der Waals surface area contributed by atoms with Crippen molar-refractivity contribution in [2.24, 2.45) is 5.14 Å². The number of carbonyl (C=O) groups excluding carboxylic acids is 3. The van der Waals surface area contributed by atoms with E-state index < -0.39 is 34.2 Å². The van der Waals surface area contributed by atoms with Crippen LogP contribution in [0.15, 0.2) is 77.8 Å². The van der Waals surface area contributed by atoms with Crippen molar-refractivity contribution < 1.29 is 46.3 Å². The molecule has 0 bridgehead atoms. The minimum absolute atomic E-state index is 0.00290. The maximum Gasteiger partial charge on any atom is 0.417 e. The van der Waals surface area contributed by atoms with Gasteiger partial charge < -0.3 is 24.3 Å². The highest BCUT2D eigenvalue weighted by atomic mass is 32.2. The minimum Gasteiger partial charge on any atom is -0.496 e. The molecule has 0 spiro atoms. The maximum atomic E-state index is 13.6. The molecule has 0 saturated heterocycles. The highest BCUT2D eigenvalue weighted by molar-refractivity contribution is 7.89. The lowest BCUT2D eigenvalue weighted by atomic mass is 10.1. The molecule has 44 heavy (non-hydrogen) atoms. The number of para-hydroxylation sites is 1. The number of nitrogens with two attached hydrogens (primary N) is 1. The van der Waals surface area contributed by atoms with Crippen LogP contribution in [0.5, 0.6) is 5.75 Å². The van der Waals surface area contributed by atoms with Gasteiger partial charge in [0.1, 0.15) is 38.2 Å². The number of rotatable bonds is 14. The number of hydrogen-bond acceptors (Lipinski definition) is 9. The minimum atomic E-state index is -3.78. The number of ether oxygens (including phenoxy) is 4. The van der Waals surface area contributed by atoms with E-state index in [0.717, 1.165) is 10.5 Å². The summed E-state index contributed by atoms with van der Waals surface area (Å²) in [6, 6.07) is 18.0. The zero-order chi connectivity index (χ0) is 32.1. The van der Waals surface area contributed by atoms with Crippen molar-refractivity contribution in [1.82, 2.24) is 10.2 Å². The van der Waals surface area contributed by atoms with Crippen LogP contribution >= 0.6 is 0 Å². The molecule has 0 fully saturated rings. The van der Waals surface area contributed by atoms with Crippen molar-refractivity contribution in [3.05, 3.63) is 89.7 Å².